The van der Waals surface area contributed by atoms with Gasteiger partial charge in [0.05, 0.1) is 5.56 Å². The first-order valence-corrected chi connectivity index (χ1v) is 7.78. The van der Waals surface area contributed by atoms with Crippen LogP contribution in [0.4, 0.5) is 13.2 Å². The summed E-state index contributed by atoms with van der Waals surface area (Å²) >= 11 is 0. The molecule has 1 aromatic rings. The van der Waals surface area contributed by atoms with E-state index in [1.807, 2.05) is 0 Å². The van der Waals surface area contributed by atoms with E-state index in [4.69, 9.17) is 0 Å². The third kappa shape index (κ3) is 6.08. The summed E-state index contributed by atoms with van der Waals surface area (Å²) in [6.45, 7) is 7.30. The highest BCUT2D eigenvalue weighted by atomic mass is 19.4. The van der Waals surface area contributed by atoms with Crippen molar-refractivity contribution in [3.05, 3.63) is 35.4 Å². The molecule has 120 valence electrons. The van der Waals surface area contributed by atoms with Gasteiger partial charge in [0, 0.05) is 6.04 Å². The van der Waals surface area contributed by atoms with Crippen molar-refractivity contribution in [3.63, 3.8) is 0 Å². The maximum Gasteiger partial charge on any atom is 0.416 e. The molecule has 1 aromatic carbocycles. The van der Waals surface area contributed by atoms with Crippen molar-refractivity contribution in [1.29, 1.82) is 0 Å². The van der Waals surface area contributed by atoms with Crippen molar-refractivity contribution in [2.24, 2.45) is 5.92 Å². The minimum atomic E-state index is -4.27. The van der Waals surface area contributed by atoms with E-state index in [1.165, 1.54) is 12.1 Å². The number of nitrogens with one attached hydrogen (secondary N) is 1. The first-order valence-electron chi connectivity index (χ1n) is 7.78. The molecule has 0 heterocycles. The average molecular weight is 301 g/mol. The van der Waals surface area contributed by atoms with Crippen LogP contribution in [0.5, 0.6) is 0 Å². The summed E-state index contributed by atoms with van der Waals surface area (Å²) in [6, 6.07) is 5.93. The SMILES string of the molecule is CCCNC(Cc1cccc(C(F)(F)F)c1)C(C)CCC. The van der Waals surface area contributed by atoms with Crippen molar-refractivity contribution in [2.45, 2.75) is 58.7 Å². The van der Waals surface area contributed by atoms with Crippen molar-refractivity contribution < 1.29 is 13.2 Å². The van der Waals surface area contributed by atoms with Gasteiger partial charge >= 0.3 is 6.18 Å². The Morgan fingerprint density at radius 2 is 1.86 bits per heavy atom. The molecule has 0 spiro atoms. The molecule has 0 aromatic heterocycles. The van der Waals surface area contributed by atoms with E-state index in [0.717, 1.165) is 37.4 Å². The molecule has 0 aliphatic carbocycles. The van der Waals surface area contributed by atoms with Gasteiger partial charge in [0.15, 0.2) is 0 Å². The van der Waals surface area contributed by atoms with Crippen molar-refractivity contribution in [3.8, 4) is 0 Å². The standard InChI is InChI=1S/C17H26F3N/c1-4-7-13(3)16(21-10-5-2)12-14-8-6-9-15(11-14)17(18,19)20/h6,8-9,11,13,16,21H,4-5,7,10,12H2,1-3H3. The van der Waals surface area contributed by atoms with E-state index in [1.54, 1.807) is 6.07 Å². The molecule has 0 saturated carbocycles. The number of benzene rings is 1. The fourth-order valence-electron chi connectivity index (χ4n) is 2.59. The molecule has 1 nitrogen and oxygen atoms in total. The zero-order valence-electron chi connectivity index (χ0n) is 13.1. The highest BCUT2D eigenvalue weighted by molar-refractivity contribution is 5.26. The Bertz CT molecular complexity index is 415. The molecule has 1 N–H and O–H groups in total. The quantitative estimate of drug-likeness (QED) is 0.708. The van der Waals surface area contributed by atoms with Crippen LogP contribution in [0.25, 0.3) is 0 Å². The number of hydrogen-bond acceptors (Lipinski definition) is 1. The van der Waals surface area contributed by atoms with Gasteiger partial charge in [-0.15, -0.1) is 0 Å². The minimum Gasteiger partial charge on any atom is -0.313 e. The zero-order chi connectivity index (χ0) is 15.9. The van der Waals surface area contributed by atoms with E-state index in [9.17, 15) is 13.2 Å². The van der Waals surface area contributed by atoms with Crippen LogP contribution < -0.4 is 5.32 Å². The normalized spacial score (nSPS) is 15.0. The first kappa shape index (κ1) is 18.0. The lowest BCUT2D eigenvalue weighted by Crippen LogP contribution is -2.37. The topological polar surface area (TPSA) is 12.0 Å². The van der Waals surface area contributed by atoms with Crippen LogP contribution in [0.15, 0.2) is 24.3 Å². The van der Waals surface area contributed by atoms with E-state index in [-0.39, 0.29) is 6.04 Å². The molecular formula is C17H26F3N. The largest absolute Gasteiger partial charge is 0.416 e. The molecule has 4 heteroatoms. The fraction of sp³-hybridized carbons (Fsp3) is 0.647. The lowest BCUT2D eigenvalue weighted by atomic mass is 9.91. The number of hydrogen-bond donors (Lipinski definition) is 1. The second-order valence-corrected chi connectivity index (χ2v) is 5.73. The van der Waals surface area contributed by atoms with Gasteiger partial charge in [-0.25, -0.2) is 0 Å². The molecule has 2 atom stereocenters. The molecule has 21 heavy (non-hydrogen) atoms. The van der Waals surface area contributed by atoms with Crippen LogP contribution in [0.3, 0.4) is 0 Å². The van der Waals surface area contributed by atoms with Gasteiger partial charge in [-0.3, -0.25) is 0 Å². The van der Waals surface area contributed by atoms with E-state index in [2.05, 4.69) is 26.1 Å². The lowest BCUT2D eigenvalue weighted by molar-refractivity contribution is -0.137. The third-order valence-electron chi connectivity index (χ3n) is 3.80. The van der Waals surface area contributed by atoms with Crippen molar-refractivity contribution in [1.82, 2.24) is 5.32 Å². The van der Waals surface area contributed by atoms with Crippen LogP contribution in [-0.2, 0) is 12.6 Å². The summed E-state index contributed by atoms with van der Waals surface area (Å²) in [7, 11) is 0. The molecule has 0 fully saturated rings. The summed E-state index contributed by atoms with van der Waals surface area (Å²) < 4.78 is 38.3. The number of halogens is 3. The fourth-order valence-corrected chi connectivity index (χ4v) is 2.59. The Morgan fingerprint density at radius 1 is 1.14 bits per heavy atom. The Balaban J connectivity index is 2.82. The summed E-state index contributed by atoms with van der Waals surface area (Å²) in [5.41, 5.74) is 0.193. The van der Waals surface area contributed by atoms with Gasteiger partial charge in [-0.05, 0) is 43.4 Å². The van der Waals surface area contributed by atoms with Crippen LogP contribution in [0.2, 0.25) is 0 Å². The predicted molar refractivity (Wildman–Crippen MR) is 81.3 cm³/mol. The molecule has 0 amide bonds. The smallest absolute Gasteiger partial charge is 0.313 e. The van der Waals surface area contributed by atoms with Gasteiger partial charge in [-0.1, -0.05) is 45.4 Å². The van der Waals surface area contributed by atoms with Crippen LogP contribution in [-0.4, -0.2) is 12.6 Å². The van der Waals surface area contributed by atoms with Crippen LogP contribution in [0, 0.1) is 5.92 Å². The molecule has 0 aliphatic rings. The molecule has 0 bridgehead atoms. The van der Waals surface area contributed by atoms with Gasteiger partial charge in [0.1, 0.15) is 0 Å². The first-order chi connectivity index (χ1) is 9.88. The number of alkyl halides is 3. The Morgan fingerprint density at radius 3 is 2.43 bits per heavy atom. The summed E-state index contributed by atoms with van der Waals surface area (Å²) in [6.07, 6.45) is -0.422. The predicted octanol–water partition coefficient (Wildman–Crippen LogP) is 5.05. The molecular weight excluding hydrogens is 275 g/mol. The highest BCUT2D eigenvalue weighted by Crippen LogP contribution is 2.30. The zero-order valence-corrected chi connectivity index (χ0v) is 13.1. The number of rotatable bonds is 8. The molecule has 0 radical (unpaired) electrons. The maximum atomic E-state index is 12.8. The van der Waals surface area contributed by atoms with Crippen molar-refractivity contribution >= 4 is 0 Å². The van der Waals surface area contributed by atoms with Gasteiger partial charge in [0.25, 0.3) is 0 Å². The van der Waals surface area contributed by atoms with Crippen LogP contribution >= 0.6 is 0 Å². The Labute approximate surface area is 125 Å². The molecule has 1 rings (SSSR count). The van der Waals surface area contributed by atoms with Gasteiger partial charge in [0.2, 0.25) is 0 Å². The summed E-state index contributed by atoms with van der Waals surface area (Å²) in [5.74, 6) is 0.455. The second-order valence-electron chi connectivity index (χ2n) is 5.73. The second kappa shape index (κ2) is 8.42. The molecule has 2 unspecified atom stereocenters. The summed E-state index contributed by atoms with van der Waals surface area (Å²) in [4.78, 5) is 0. The molecule has 0 saturated heterocycles. The third-order valence-corrected chi connectivity index (χ3v) is 3.80. The highest BCUT2D eigenvalue weighted by Gasteiger charge is 2.30. The van der Waals surface area contributed by atoms with E-state index in [0.29, 0.717) is 12.3 Å². The molecule has 0 aliphatic heterocycles. The van der Waals surface area contributed by atoms with Crippen molar-refractivity contribution in [2.75, 3.05) is 6.54 Å². The monoisotopic (exact) mass is 301 g/mol. The summed E-state index contributed by atoms with van der Waals surface area (Å²) in [5, 5.41) is 3.48. The van der Waals surface area contributed by atoms with Crippen LogP contribution in [0.1, 0.15) is 51.2 Å². The van der Waals surface area contributed by atoms with Gasteiger partial charge < -0.3 is 5.32 Å². The van der Waals surface area contributed by atoms with Gasteiger partial charge in [-0.2, -0.15) is 13.2 Å². The lowest BCUT2D eigenvalue weighted by Gasteiger charge is -2.25. The maximum absolute atomic E-state index is 12.8. The minimum absolute atomic E-state index is 0.230. The Hall–Kier alpha value is -1.03. The van der Waals surface area contributed by atoms with E-state index >= 15 is 0 Å². The Kier molecular flexibility index (Phi) is 7.23. The average Bonchev–Trinajstić information content (AvgIpc) is 2.43. The van der Waals surface area contributed by atoms with E-state index < -0.39 is 11.7 Å².